The normalized spacial score (nSPS) is 10.2. The summed E-state index contributed by atoms with van der Waals surface area (Å²) in [7, 11) is 6.99. The van der Waals surface area contributed by atoms with Gasteiger partial charge in [-0.3, -0.25) is 9.59 Å². The molecule has 0 radical (unpaired) electrons. The van der Waals surface area contributed by atoms with Gasteiger partial charge in [-0.2, -0.15) is 0 Å². The number of anilines is 1. The number of benzene rings is 1. The Labute approximate surface area is 132 Å². The molecule has 5 nitrogen and oxygen atoms in total. The number of carbonyl (C=O) groups excluding carboxylic acids is 1. The fraction of sp³-hybridized carbons (Fsp3) is 0.429. The molecule has 0 saturated heterocycles. The summed E-state index contributed by atoms with van der Waals surface area (Å²) in [6.07, 6.45) is 0.169. The van der Waals surface area contributed by atoms with E-state index in [1.807, 2.05) is 31.1 Å². The minimum atomic E-state index is -0.780. The van der Waals surface area contributed by atoms with Gasteiger partial charge in [-0.1, -0.05) is 21.6 Å². The molecular weight excluding hydrogens is 308 g/mol. The number of nitrogens with one attached hydrogen (secondary N) is 1. The zero-order valence-corrected chi connectivity index (χ0v) is 13.8. The van der Waals surface area contributed by atoms with Gasteiger partial charge < -0.3 is 15.3 Å². The van der Waals surface area contributed by atoms with E-state index >= 15 is 0 Å². The molecule has 0 atom stereocenters. The first-order valence-electron chi connectivity index (χ1n) is 6.52. The van der Waals surface area contributed by atoms with Gasteiger partial charge in [-0.25, -0.2) is 0 Å². The van der Waals surface area contributed by atoms with Gasteiger partial charge in [-0.15, -0.1) is 0 Å². The lowest BCUT2D eigenvalue weighted by Gasteiger charge is -2.12. The van der Waals surface area contributed by atoms with Crippen LogP contribution in [-0.2, 0) is 4.79 Å². The monoisotopic (exact) mass is 328 g/mol. The van der Waals surface area contributed by atoms with E-state index in [1.165, 1.54) is 10.8 Å². The number of nitrogens with zero attached hydrogens (tertiary/aromatic N) is 1. The van der Waals surface area contributed by atoms with Gasteiger partial charge in [0.05, 0.1) is 6.42 Å². The minimum Gasteiger partial charge on any atom is -0.481 e. The Bertz CT molecular complexity index is 464. The molecule has 7 heteroatoms. The molecule has 1 rings (SSSR count). The molecule has 2 N–H and O–H groups in total. The van der Waals surface area contributed by atoms with Crippen molar-refractivity contribution in [1.29, 1.82) is 0 Å². The second-order valence-electron chi connectivity index (χ2n) is 4.48. The summed E-state index contributed by atoms with van der Waals surface area (Å²) in [5, 5.41) is 11.3. The number of amides is 1. The van der Waals surface area contributed by atoms with Crippen molar-refractivity contribution in [2.75, 3.05) is 37.0 Å². The number of carbonyl (C=O) groups is 2. The maximum Gasteiger partial charge on any atom is 0.304 e. The predicted octanol–water partition coefficient (Wildman–Crippen LogP) is 2.34. The molecule has 1 aromatic rings. The van der Waals surface area contributed by atoms with Crippen LogP contribution in [-0.4, -0.2) is 49.1 Å². The van der Waals surface area contributed by atoms with Crippen LogP contribution in [0.3, 0.4) is 0 Å². The third-order valence-corrected chi connectivity index (χ3v) is 5.01. The lowest BCUT2D eigenvalue weighted by molar-refractivity contribution is -0.136. The Morgan fingerprint density at radius 2 is 1.76 bits per heavy atom. The Kier molecular flexibility index (Phi) is 8.07. The second-order valence-corrected chi connectivity index (χ2v) is 7.19. The van der Waals surface area contributed by atoms with Crippen molar-refractivity contribution in [1.82, 2.24) is 5.32 Å². The Hall–Kier alpha value is -1.34. The molecule has 0 aliphatic heterocycles. The quantitative estimate of drug-likeness (QED) is 0.536. The average molecular weight is 328 g/mol. The van der Waals surface area contributed by atoms with Crippen molar-refractivity contribution in [2.45, 2.75) is 6.42 Å². The first kappa shape index (κ1) is 17.7. The molecular formula is C14H20N2O3S2. The highest BCUT2D eigenvalue weighted by molar-refractivity contribution is 8.76. The smallest absolute Gasteiger partial charge is 0.304 e. The molecule has 0 aromatic heterocycles. The summed E-state index contributed by atoms with van der Waals surface area (Å²) in [4.78, 5) is 24.2. The number of rotatable bonds is 9. The molecule has 0 bridgehead atoms. The number of hydrogen-bond acceptors (Lipinski definition) is 5. The van der Waals surface area contributed by atoms with Crippen LogP contribution in [0.2, 0.25) is 0 Å². The topological polar surface area (TPSA) is 69.6 Å². The van der Waals surface area contributed by atoms with Crippen molar-refractivity contribution in [2.24, 2.45) is 0 Å². The SMILES string of the molecule is CN(C)c1ccc(C(=O)NCCSSCCC(=O)O)cc1. The number of aliphatic carboxylic acids is 1. The van der Waals surface area contributed by atoms with E-state index < -0.39 is 5.97 Å². The predicted molar refractivity (Wildman–Crippen MR) is 90.3 cm³/mol. The molecule has 1 amide bonds. The standard InChI is InChI=1S/C14H20N2O3S2/c1-16(2)12-5-3-11(4-6-12)14(19)15-8-10-21-20-9-7-13(17)18/h3-6H,7-10H2,1-2H3,(H,15,19)(H,17,18). The maximum atomic E-state index is 11.9. The number of carboxylic acids is 1. The van der Waals surface area contributed by atoms with Crippen LogP contribution in [0.15, 0.2) is 24.3 Å². The van der Waals surface area contributed by atoms with E-state index in [-0.39, 0.29) is 12.3 Å². The third-order valence-electron chi connectivity index (χ3n) is 2.60. The lowest BCUT2D eigenvalue weighted by Crippen LogP contribution is -2.25. The van der Waals surface area contributed by atoms with Crippen LogP contribution in [0.4, 0.5) is 5.69 Å². The van der Waals surface area contributed by atoms with Crippen molar-refractivity contribution in [3.8, 4) is 0 Å². The molecule has 0 saturated carbocycles. The van der Waals surface area contributed by atoms with Crippen LogP contribution in [0.5, 0.6) is 0 Å². The molecule has 0 fully saturated rings. The highest BCUT2D eigenvalue weighted by atomic mass is 33.1. The largest absolute Gasteiger partial charge is 0.481 e. The van der Waals surface area contributed by atoms with Gasteiger partial charge in [0, 0.05) is 43.4 Å². The molecule has 116 valence electrons. The number of hydrogen-bond donors (Lipinski definition) is 2. The molecule has 0 aliphatic rings. The number of carboxylic acid groups (broad SMARTS) is 1. The summed E-state index contributed by atoms with van der Waals surface area (Å²) < 4.78 is 0. The molecule has 1 aromatic carbocycles. The van der Waals surface area contributed by atoms with Gasteiger partial charge in [0.25, 0.3) is 5.91 Å². The summed E-state index contributed by atoms with van der Waals surface area (Å²) in [5.74, 6) is 0.472. The molecule has 21 heavy (non-hydrogen) atoms. The van der Waals surface area contributed by atoms with E-state index in [0.29, 0.717) is 17.9 Å². The Morgan fingerprint density at radius 1 is 1.14 bits per heavy atom. The molecule has 0 heterocycles. The van der Waals surface area contributed by atoms with Crippen LogP contribution < -0.4 is 10.2 Å². The van der Waals surface area contributed by atoms with Gasteiger partial charge in [-0.05, 0) is 24.3 Å². The van der Waals surface area contributed by atoms with Crippen LogP contribution in [0, 0.1) is 0 Å². The molecule has 0 spiro atoms. The van der Waals surface area contributed by atoms with Crippen molar-refractivity contribution in [3.63, 3.8) is 0 Å². The van der Waals surface area contributed by atoms with Crippen LogP contribution in [0.1, 0.15) is 16.8 Å². The van der Waals surface area contributed by atoms with Crippen molar-refractivity contribution < 1.29 is 14.7 Å². The summed E-state index contributed by atoms with van der Waals surface area (Å²) in [6, 6.07) is 7.43. The van der Waals surface area contributed by atoms with E-state index in [9.17, 15) is 9.59 Å². The zero-order chi connectivity index (χ0) is 15.7. The Morgan fingerprint density at radius 3 is 2.33 bits per heavy atom. The second kappa shape index (κ2) is 9.57. The van der Waals surface area contributed by atoms with Crippen molar-refractivity contribution >= 4 is 39.2 Å². The van der Waals surface area contributed by atoms with Crippen LogP contribution in [0.25, 0.3) is 0 Å². The zero-order valence-electron chi connectivity index (χ0n) is 12.2. The first-order valence-corrected chi connectivity index (χ1v) is 9.01. The van der Waals surface area contributed by atoms with E-state index in [1.54, 1.807) is 22.9 Å². The van der Waals surface area contributed by atoms with E-state index in [4.69, 9.17) is 5.11 Å². The fourth-order valence-corrected chi connectivity index (χ4v) is 3.35. The Balaban J connectivity index is 2.20. The summed E-state index contributed by atoms with van der Waals surface area (Å²) in [5.41, 5.74) is 1.70. The van der Waals surface area contributed by atoms with Crippen molar-refractivity contribution in [3.05, 3.63) is 29.8 Å². The third kappa shape index (κ3) is 7.29. The highest BCUT2D eigenvalue weighted by Gasteiger charge is 2.05. The molecule has 0 unspecified atom stereocenters. The minimum absolute atomic E-state index is 0.0866. The van der Waals surface area contributed by atoms with E-state index in [2.05, 4.69) is 5.32 Å². The first-order chi connectivity index (χ1) is 10.0. The van der Waals surface area contributed by atoms with E-state index in [0.717, 1.165) is 11.4 Å². The van der Waals surface area contributed by atoms with Gasteiger partial charge in [0.15, 0.2) is 0 Å². The average Bonchev–Trinajstić information content (AvgIpc) is 2.45. The summed E-state index contributed by atoms with van der Waals surface area (Å²) >= 11 is 0. The molecule has 0 aliphatic carbocycles. The van der Waals surface area contributed by atoms with Crippen LogP contribution >= 0.6 is 21.6 Å². The summed E-state index contributed by atoms with van der Waals surface area (Å²) in [6.45, 7) is 0.568. The maximum absolute atomic E-state index is 11.9. The van der Waals surface area contributed by atoms with Gasteiger partial charge >= 0.3 is 5.97 Å². The van der Waals surface area contributed by atoms with Gasteiger partial charge in [0.2, 0.25) is 0 Å². The fourth-order valence-electron chi connectivity index (χ4n) is 1.47. The van der Waals surface area contributed by atoms with Gasteiger partial charge in [0.1, 0.15) is 0 Å². The lowest BCUT2D eigenvalue weighted by atomic mass is 10.2. The highest BCUT2D eigenvalue weighted by Crippen LogP contribution is 2.21.